The van der Waals surface area contributed by atoms with Crippen molar-refractivity contribution in [3.8, 4) is 11.8 Å². The van der Waals surface area contributed by atoms with Crippen LogP contribution < -0.4 is 10.3 Å². The Morgan fingerprint density at radius 2 is 2.04 bits per heavy atom. The van der Waals surface area contributed by atoms with Gasteiger partial charge in [-0.15, -0.1) is 11.3 Å². The summed E-state index contributed by atoms with van der Waals surface area (Å²) >= 11 is 1.51. The van der Waals surface area contributed by atoms with Gasteiger partial charge in [0, 0.05) is 4.88 Å². The van der Waals surface area contributed by atoms with Gasteiger partial charge in [-0.05, 0) is 55.0 Å². The highest BCUT2D eigenvalue weighted by molar-refractivity contribution is 7.18. The summed E-state index contributed by atoms with van der Waals surface area (Å²) in [6, 6.07) is 7.93. The van der Waals surface area contributed by atoms with E-state index in [4.69, 9.17) is 0 Å². The first-order valence-electron chi connectivity index (χ1n) is 8.77. The number of nitriles is 1. The number of aryl methyl sites for hydroxylation is 2. The molecule has 0 spiro atoms. The number of alkyl halides is 2. The summed E-state index contributed by atoms with van der Waals surface area (Å²) < 4.78 is 28.8. The van der Waals surface area contributed by atoms with E-state index in [-0.39, 0.29) is 22.7 Å². The number of allylic oxidation sites excluding steroid dienone is 1. The van der Waals surface area contributed by atoms with Crippen molar-refractivity contribution in [2.45, 2.75) is 32.3 Å². The third kappa shape index (κ3) is 3.53. The van der Waals surface area contributed by atoms with Gasteiger partial charge in [0.25, 0.3) is 5.56 Å². The SMILES string of the molecule is N#CC(=Cc1ccc(OC(F)F)cc1)c1nc2sc3c(c2c(=O)[nH]1)CCCC3. The molecule has 1 aromatic carbocycles. The van der Waals surface area contributed by atoms with Crippen LogP contribution in [0.5, 0.6) is 5.75 Å². The number of hydrogen-bond donors (Lipinski definition) is 1. The largest absolute Gasteiger partial charge is 0.435 e. The lowest BCUT2D eigenvalue weighted by atomic mass is 9.97. The first-order chi connectivity index (χ1) is 13.5. The Morgan fingerprint density at radius 1 is 1.29 bits per heavy atom. The maximum Gasteiger partial charge on any atom is 0.387 e. The Balaban J connectivity index is 1.72. The van der Waals surface area contributed by atoms with E-state index >= 15 is 0 Å². The predicted octanol–water partition coefficient (Wildman–Crippen LogP) is 4.53. The van der Waals surface area contributed by atoms with Gasteiger partial charge in [-0.25, -0.2) is 4.98 Å². The molecule has 3 aromatic rings. The summed E-state index contributed by atoms with van der Waals surface area (Å²) in [5.41, 5.74) is 1.64. The summed E-state index contributed by atoms with van der Waals surface area (Å²) in [5.74, 6) is 0.231. The number of halogens is 2. The van der Waals surface area contributed by atoms with Crippen molar-refractivity contribution in [2.24, 2.45) is 0 Å². The molecule has 1 N–H and O–H groups in total. The minimum atomic E-state index is -2.89. The highest BCUT2D eigenvalue weighted by Crippen LogP contribution is 2.34. The van der Waals surface area contributed by atoms with Crippen LogP contribution in [0.1, 0.15) is 34.7 Å². The van der Waals surface area contributed by atoms with E-state index in [0.29, 0.717) is 15.8 Å². The summed E-state index contributed by atoms with van der Waals surface area (Å²) in [5, 5.41) is 10.2. The number of nitrogens with one attached hydrogen (secondary N) is 1. The third-order valence-corrected chi connectivity index (χ3v) is 5.80. The van der Waals surface area contributed by atoms with E-state index in [1.807, 2.05) is 6.07 Å². The smallest absolute Gasteiger partial charge is 0.387 e. The van der Waals surface area contributed by atoms with Gasteiger partial charge in [-0.2, -0.15) is 14.0 Å². The van der Waals surface area contributed by atoms with Gasteiger partial charge in [-0.1, -0.05) is 12.1 Å². The fraction of sp³-hybridized carbons (Fsp3) is 0.250. The molecule has 1 aliphatic rings. The van der Waals surface area contributed by atoms with Gasteiger partial charge in [0.1, 0.15) is 16.6 Å². The third-order valence-electron chi connectivity index (χ3n) is 4.62. The molecule has 0 bridgehead atoms. The van der Waals surface area contributed by atoms with Gasteiger partial charge < -0.3 is 9.72 Å². The first-order valence-corrected chi connectivity index (χ1v) is 9.58. The van der Waals surface area contributed by atoms with Crippen LogP contribution >= 0.6 is 11.3 Å². The highest BCUT2D eigenvalue weighted by Gasteiger charge is 2.20. The molecule has 142 valence electrons. The molecule has 0 fully saturated rings. The average molecular weight is 399 g/mol. The van der Waals surface area contributed by atoms with Gasteiger partial charge in [0.15, 0.2) is 5.82 Å². The van der Waals surface area contributed by atoms with Crippen LogP contribution in [0.4, 0.5) is 8.78 Å². The molecule has 0 aliphatic heterocycles. The van der Waals surface area contributed by atoms with Gasteiger partial charge in [-0.3, -0.25) is 4.79 Å². The molecular weight excluding hydrogens is 384 g/mol. The second-order valence-electron chi connectivity index (χ2n) is 6.42. The second kappa shape index (κ2) is 7.52. The lowest BCUT2D eigenvalue weighted by Gasteiger charge is -2.09. The standard InChI is InChI=1S/C20H15F2N3O2S/c21-20(22)27-13-7-5-11(6-8-13)9-12(10-23)17-24-18(26)16-14-3-1-2-4-15(14)28-19(16)25-17/h5-9,20H,1-4H2,(H,24,25,26). The molecule has 2 heterocycles. The molecule has 0 unspecified atom stereocenters. The highest BCUT2D eigenvalue weighted by atomic mass is 32.1. The molecule has 5 nitrogen and oxygen atoms in total. The van der Waals surface area contributed by atoms with Crippen molar-refractivity contribution in [1.29, 1.82) is 5.26 Å². The first kappa shape index (κ1) is 18.3. The average Bonchev–Trinajstić information content (AvgIpc) is 3.05. The Hall–Kier alpha value is -3.05. The molecular formula is C20H15F2N3O2S. The molecule has 2 aromatic heterocycles. The van der Waals surface area contributed by atoms with E-state index in [1.165, 1.54) is 28.3 Å². The molecule has 0 radical (unpaired) electrons. The lowest BCUT2D eigenvalue weighted by molar-refractivity contribution is -0.0498. The maximum atomic E-state index is 12.6. The summed E-state index contributed by atoms with van der Waals surface area (Å²) in [6.45, 7) is -2.89. The molecule has 0 atom stereocenters. The number of rotatable bonds is 4. The lowest BCUT2D eigenvalue weighted by Crippen LogP contribution is -2.12. The number of ether oxygens (including phenoxy) is 1. The van der Waals surface area contributed by atoms with Crippen LogP contribution in [0.3, 0.4) is 0 Å². The van der Waals surface area contributed by atoms with Gasteiger partial charge in [0.05, 0.1) is 11.0 Å². The van der Waals surface area contributed by atoms with E-state index in [1.54, 1.807) is 18.2 Å². The maximum absolute atomic E-state index is 12.6. The van der Waals surface area contributed by atoms with Gasteiger partial charge in [0.2, 0.25) is 0 Å². The summed E-state index contributed by atoms with van der Waals surface area (Å²) in [4.78, 5) is 21.7. The minimum Gasteiger partial charge on any atom is -0.435 e. The molecule has 1 aliphatic carbocycles. The molecule has 8 heteroatoms. The van der Waals surface area contributed by atoms with Crippen molar-refractivity contribution in [3.05, 3.63) is 56.4 Å². The molecule has 0 saturated carbocycles. The van der Waals surface area contributed by atoms with E-state index in [0.717, 1.165) is 31.2 Å². The number of aromatic amines is 1. The van der Waals surface area contributed by atoms with Crippen molar-refractivity contribution >= 4 is 33.2 Å². The Bertz CT molecular complexity index is 1160. The number of thiophene rings is 1. The number of fused-ring (bicyclic) bond motifs is 3. The van der Waals surface area contributed by atoms with Crippen molar-refractivity contribution in [3.63, 3.8) is 0 Å². The van der Waals surface area contributed by atoms with Crippen LogP contribution in [-0.2, 0) is 12.8 Å². The summed E-state index contributed by atoms with van der Waals surface area (Å²) in [7, 11) is 0. The minimum absolute atomic E-state index is 0.0303. The zero-order chi connectivity index (χ0) is 19.7. The number of nitrogens with zero attached hydrogens (tertiary/aromatic N) is 2. The summed E-state index contributed by atoms with van der Waals surface area (Å²) in [6.07, 6.45) is 5.56. The predicted molar refractivity (Wildman–Crippen MR) is 103 cm³/mol. The normalized spacial score (nSPS) is 14.1. The number of H-pyrrole nitrogens is 1. The number of hydrogen-bond acceptors (Lipinski definition) is 5. The second-order valence-corrected chi connectivity index (χ2v) is 7.51. The Labute approximate surface area is 162 Å². The molecule has 4 rings (SSSR count). The molecule has 28 heavy (non-hydrogen) atoms. The van der Waals surface area contributed by atoms with Crippen molar-refractivity contribution < 1.29 is 13.5 Å². The molecule has 0 saturated heterocycles. The van der Waals surface area contributed by atoms with E-state index in [9.17, 15) is 18.8 Å². The Morgan fingerprint density at radius 3 is 2.75 bits per heavy atom. The fourth-order valence-corrected chi connectivity index (χ4v) is 4.62. The zero-order valence-corrected chi connectivity index (χ0v) is 15.5. The van der Waals surface area contributed by atoms with E-state index in [2.05, 4.69) is 14.7 Å². The van der Waals surface area contributed by atoms with Crippen LogP contribution in [0.15, 0.2) is 29.1 Å². The van der Waals surface area contributed by atoms with Gasteiger partial charge >= 0.3 is 6.61 Å². The van der Waals surface area contributed by atoms with Crippen molar-refractivity contribution in [2.75, 3.05) is 0 Å². The van der Waals surface area contributed by atoms with E-state index < -0.39 is 6.61 Å². The Kier molecular flexibility index (Phi) is 4.92. The van der Waals surface area contributed by atoms with Crippen molar-refractivity contribution in [1.82, 2.24) is 9.97 Å². The quantitative estimate of drug-likeness (QED) is 0.654. The van der Waals surface area contributed by atoms with Crippen LogP contribution in [0.25, 0.3) is 21.9 Å². The number of aromatic nitrogens is 2. The monoisotopic (exact) mass is 399 g/mol. The fourth-order valence-electron chi connectivity index (χ4n) is 3.36. The van der Waals surface area contributed by atoms with Crippen LogP contribution in [-0.4, -0.2) is 16.6 Å². The zero-order valence-electron chi connectivity index (χ0n) is 14.7. The topological polar surface area (TPSA) is 78.8 Å². The molecule has 0 amide bonds. The van der Waals surface area contributed by atoms with Crippen LogP contribution in [0.2, 0.25) is 0 Å². The van der Waals surface area contributed by atoms with Crippen LogP contribution in [0, 0.1) is 11.3 Å². The number of benzene rings is 1.